The predicted molar refractivity (Wildman–Crippen MR) is 100 cm³/mol. The lowest BCUT2D eigenvalue weighted by Crippen LogP contribution is -2.01. The number of alkyl halides is 2. The van der Waals surface area contributed by atoms with E-state index in [0.717, 1.165) is 0 Å². The molecule has 1 aliphatic heterocycles. The van der Waals surface area contributed by atoms with E-state index in [2.05, 4.69) is 4.99 Å². The highest BCUT2D eigenvalue weighted by molar-refractivity contribution is 6.11. The Morgan fingerprint density at radius 3 is 2.59 bits per heavy atom. The van der Waals surface area contributed by atoms with E-state index in [4.69, 9.17) is 5.11 Å². The number of carboxylic acids is 1. The van der Waals surface area contributed by atoms with Crippen molar-refractivity contribution < 1.29 is 23.8 Å². The summed E-state index contributed by atoms with van der Waals surface area (Å²) < 4.78 is 27.4. The van der Waals surface area contributed by atoms with Gasteiger partial charge in [-0.15, -0.1) is 0 Å². The van der Waals surface area contributed by atoms with Crippen LogP contribution in [0.2, 0.25) is 0 Å². The molecule has 3 rings (SSSR count). The van der Waals surface area contributed by atoms with Crippen LogP contribution in [0.3, 0.4) is 0 Å². The number of nitrogens with zero attached hydrogens (tertiary/aromatic N) is 1. The molecule has 0 bridgehead atoms. The van der Waals surface area contributed by atoms with Gasteiger partial charge in [-0.25, -0.2) is 8.78 Å². The molecule has 0 aliphatic carbocycles. The Bertz CT molecular complexity index is 920. The van der Waals surface area contributed by atoms with E-state index in [9.17, 15) is 18.7 Å². The lowest BCUT2D eigenvalue weighted by atomic mass is 9.91. The second-order valence-electron chi connectivity index (χ2n) is 6.32. The Balaban J connectivity index is 2.05. The number of aryl methyl sites for hydroxylation is 1. The van der Waals surface area contributed by atoms with Gasteiger partial charge in [0.05, 0.1) is 0 Å². The van der Waals surface area contributed by atoms with Crippen molar-refractivity contribution in [1.82, 2.24) is 0 Å². The molecule has 0 spiro atoms. The zero-order valence-electron chi connectivity index (χ0n) is 14.5. The first-order valence-corrected chi connectivity index (χ1v) is 8.62. The van der Waals surface area contributed by atoms with Gasteiger partial charge in [0.15, 0.2) is 0 Å². The molecule has 0 atom stereocenters. The number of carboxylic acid groups (broad SMARTS) is 1. The van der Waals surface area contributed by atoms with Crippen LogP contribution in [0.25, 0.3) is 16.7 Å². The van der Waals surface area contributed by atoms with E-state index in [1.54, 1.807) is 24.4 Å². The molecule has 0 fully saturated rings. The average Bonchev–Trinajstić information content (AvgIpc) is 2.66. The molecular weight excluding hydrogens is 352 g/mol. The van der Waals surface area contributed by atoms with Gasteiger partial charge in [-0.3, -0.25) is 9.79 Å². The molecule has 27 heavy (non-hydrogen) atoms. The highest BCUT2D eigenvalue weighted by Gasteiger charge is 2.18. The van der Waals surface area contributed by atoms with Crippen molar-refractivity contribution in [3.8, 4) is 16.9 Å². The minimum atomic E-state index is -2.66. The van der Waals surface area contributed by atoms with E-state index in [-0.39, 0.29) is 24.2 Å². The SMILES string of the molecule is O=C(O)CCc1cc(O)ccc1-c1ccc(C2=CCCN=C2)c(C(F)F)c1. The molecule has 0 radical (unpaired) electrons. The summed E-state index contributed by atoms with van der Waals surface area (Å²) in [6.07, 6.45) is 1.65. The van der Waals surface area contributed by atoms with Gasteiger partial charge in [0.2, 0.25) is 0 Å². The zero-order chi connectivity index (χ0) is 19.4. The molecule has 0 amide bonds. The number of dihydropyridines is 1. The van der Waals surface area contributed by atoms with Gasteiger partial charge in [-0.2, -0.15) is 0 Å². The number of allylic oxidation sites excluding steroid dienone is 1. The Morgan fingerprint density at radius 2 is 1.93 bits per heavy atom. The van der Waals surface area contributed by atoms with Crippen molar-refractivity contribution in [2.75, 3.05) is 6.54 Å². The van der Waals surface area contributed by atoms with Gasteiger partial charge in [0, 0.05) is 24.7 Å². The molecule has 2 aromatic carbocycles. The van der Waals surface area contributed by atoms with Gasteiger partial charge < -0.3 is 10.2 Å². The topological polar surface area (TPSA) is 69.9 Å². The minimum Gasteiger partial charge on any atom is -0.508 e. The number of aliphatic carboxylic acids is 1. The number of rotatable bonds is 6. The van der Waals surface area contributed by atoms with Crippen LogP contribution < -0.4 is 0 Å². The zero-order valence-corrected chi connectivity index (χ0v) is 14.5. The first-order valence-electron chi connectivity index (χ1n) is 8.62. The summed E-state index contributed by atoms with van der Waals surface area (Å²) in [5, 5.41) is 18.6. The number of aliphatic imine (C=N–C) groups is 1. The summed E-state index contributed by atoms with van der Waals surface area (Å²) in [5.41, 5.74) is 2.83. The Hall–Kier alpha value is -3.02. The van der Waals surface area contributed by atoms with Crippen LogP contribution in [-0.2, 0) is 11.2 Å². The number of phenols is 1. The van der Waals surface area contributed by atoms with Crippen molar-refractivity contribution in [3.05, 3.63) is 59.2 Å². The number of benzene rings is 2. The standard InChI is InChI=1S/C21H19F2NO3/c22-21(23)19-11-14(3-6-18(19)15-2-1-9-24-12-15)17-7-5-16(25)10-13(17)4-8-20(26)27/h2-3,5-7,10-12,21,25H,1,4,8-9H2,(H,26,27). The van der Waals surface area contributed by atoms with Gasteiger partial charge >= 0.3 is 5.97 Å². The fourth-order valence-electron chi connectivity index (χ4n) is 3.17. The molecule has 1 heterocycles. The Kier molecular flexibility index (Phi) is 5.64. The summed E-state index contributed by atoms with van der Waals surface area (Å²) in [5.74, 6) is -0.954. The lowest BCUT2D eigenvalue weighted by molar-refractivity contribution is -0.136. The number of hydrogen-bond donors (Lipinski definition) is 2. The Labute approximate surface area is 155 Å². The van der Waals surface area contributed by atoms with Crippen LogP contribution in [0.15, 0.2) is 47.5 Å². The van der Waals surface area contributed by atoms with E-state index in [1.165, 1.54) is 18.2 Å². The molecule has 2 N–H and O–H groups in total. The van der Waals surface area contributed by atoms with E-state index in [1.807, 2.05) is 6.08 Å². The largest absolute Gasteiger partial charge is 0.508 e. The summed E-state index contributed by atoms with van der Waals surface area (Å²) >= 11 is 0. The maximum atomic E-state index is 13.7. The van der Waals surface area contributed by atoms with Gasteiger partial charge in [-0.1, -0.05) is 24.3 Å². The quantitative estimate of drug-likeness (QED) is 0.761. The third-order valence-corrected chi connectivity index (χ3v) is 4.46. The second-order valence-corrected chi connectivity index (χ2v) is 6.32. The maximum absolute atomic E-state index is 13.7. The second kappa shape index (κ2) is 8.12. The molecule has 2 aromatic rings. The van der Waals surface area contributed by atoms with Crippen LogP contribution in [-0.4, -0.2) is 28.9 Å². The highest BCUT2D eigenvalue weighted by atomic mass is 19.3. The number of carbonyl (C=O) groups is 1. The number of hydrogen-bond acceptors (Lipinski definition) is 3. The fourth-order valence-corrected chi connectivity index (χ4v) is 3.17. The molecule has 4 nitrogen and oxygen atoms in total. The van der Waals surface area contributed by atoms with E-state index >= 15 is 0 Å². The van der Waals surface area contributed by atoms with Crippen LogP contribution >= 0.6 is 0 Å². The predicted octanol–water partition coefficient (Wildman–Crippen LogP) is 4.87. The highest BCUT2D eigenvalue weighted by Crippen LogP contribution is 2.35. The molecule has 0 saturated heterocycles. The van der Waals surface area contributed by atoms with E-state index < -0.39 is 12.4 Å². The van der Waals surface area contributed by atoms with Gasteiger partial charge in [0.1, 0.15) is 5.75 Å². The third-order valence-electron chi connectivity index (χ3n) is 4.46. The van der Waals surface area contributed by atoms with Crippen molar-refractivity contribution in [1.29, 1.82) is 0 Å². The Morgan fingerprint density at radius 1 is 1.15 bits per heavy atom. The number of aromatic hydroxyl groups is 1. The van der Waals surface area contributed by atoms with Crippen LogP contribution in [0, 0.1) is 0 Å². The normalized spacial score (nSPS) is 13.7. The minimum absolute atomic E-state index is 0.00779. The van der Waals surface area contributed by atoms with Gasteiger partial charge in [0.25, 0.3) is 6.43 Å². The first kappa shape index (κ1) is 18.8. The average molecular weight is 371 g/mol. The van der Waals surface area contributed by atoms with Crippen molar-refractivity contribution >= 4 is 17.8 Å². The molecule has 140 valence electrons. The molecule has 0 aromatic heterocycles. The summed E-state index contributed by atoms with van der Waals surface area (Å²) in [7, 11) is 0. The van der Waals surface area contributed by atoms with Crippen LogP contribution in [0.4, 0.5) is 8.78 Å². The summed E-state index contributed by atoms with van der Waals surface area (Å²) in [6.45, 7) is 0.659. The monoisotopic (exact) mass is 371 g/mol. The molecule has 1 aliphatic rings. The van der Waals surface area contributed by atoms with Gasteiger partial charge in [-0.05, 0) is 58.9 Å². The van der Waals surface area contributed by atoms with Crippen LogP contribution in [0.1, 0.15) is 36.0 Å². The lowest BCUT2D eigenvalue weighted by Gasteiger charge is -2.16. The maximum Gasteiger partial charge on any atom is 0.303 e. The van der Waals surface area contributed by atoms with Crippen molar-refractivity contribution in [2.45, 2.75) is 25.7 Å². The summed E-state index contributed by atoms with van der Waals surface area (Å²) in [4.78, 5) is 15.0. The number of phenolic OH excluding ortho intramolecular Hbond substituents is 1. The molecular formula is C21H19F2NO3. The molecule has 0 unspecified atom stereocenters. The van der Waals surface area contributed by atoms with E-state index in [0.29, 0.717) is 40.8 Å². The fraction of sp³-hybridized carbons (Fsp3) is 0.238. The number of halogens is 2. The summed E-state index contributed by atoms with van der Waals surface area (Å²) in [6, 6.07) is 9.38. The smallest absolute Gasteiger partial charge is 0.303 e. The molecule has 6 heteroatoms. The molecule has 0 saturated carbocycles. The first-order chi connectivity index (χ1) is 13.0. The third kappa shape index (κ3) is 4.39. The van der Waals surface area contributed by atoms with Crippen LogP contribution in [0.5, 0.6) is 5.75 Å². The van der Waals surface area contributed by atoms with Crippen molar-refractivity contribution in [3.63, 3.8) is 0 Å². The van der Waals surface area contributed by atoms with Crippen molar-refractivity contribution in [2.24, 2.45) is 4.99 Å².